The molecule has 0 spiro atoms. The van der Waals surface area contributed by atoms with Crippen LogP contribution < -0.4 is 10.2 Å². The maximum atomic E-state index is 9.01. The summed E-state index contributed by atoms with van der Waals surface area (Å²) in [6, 6.07) is 8.70. The van der Waals surface area contributed by atoms with Gasteiger partial charge in [0.15, 0.2) is 0 Å². The van der Waals surface area contributed by atoms with Gasteiger partial charge in [-0.2, -0.15) is 0 Å². The molecular weight excluding hydrogens is 212 g/mol. The lowest BCUT2D eigenvalue weighted by molar-refractivity contribution is 0.304. The fourth-order valence-electron chi connectivity index (χ4n) is 1.94. The van der Waals surface area contributed by atoms with E-state index in [-0.39, 0.29) is 6.61 Å². The van der Waals surface area contributed by atoms with Crippen LogP contribution in [0.5, 0.6) is 0 Å². The monoisotopic (exact) mass is 236 g/mol. The van der Waals surface area contributed by atoms with Crippen LogP contribution in [0, 0.1) is 0 Å². The molecule has 17 heavy (non-hydrogen) atoms. The number of rotatable bonds is 7. The molecule has 3 heteroatoms. The van der Waals surface area contributed by atoms with Crippen LogP contribution in [0.3, 0.4) is 0 Å². The van der Waals surface area contributed by atoms with E-state index < -0.39 is 0 Å². The van der Waals surface area contributed by atoms with Gasteiger partial charge in [0.1, 0.15) is 0 Å². The molecule has 0 heterocycles. The van der Waals surface area contributed by atoms with Crippen LogP contribution in [-0.4, -0.2) is 31.9 Å². The predicted molar refractivity (Wildman–Crippen MR) is 73.5 cm³/mol. The standard InChI is InChI=1S/C14H24N2O/c1-4-9-15-12(2)13-7-5-6-8-14(13)16(3)10-11-17/h5-8,12,15,17H,4,9-11H2,1-3H3. The third-order valence-electron chi connectivity index (χ3n) is 2.95. The quantitative estimate of drug-likeness (QED) is 0.761. The van der Waals surface area contributed by atoms with Gasteiger partial charge in [0.2, 0.25) is 0 Å². The molecule has 0 bridgehead atoms. The molecule has 0 aliphatic carbocycles. The summed E-state index contributed by atoms with van der Waals surface area (Å²) >= 11 is 0. The highest BCUT2D eigenvalue weighted by atomic mass is 16.3. The number of aliphatic hydroxyl groups is 1. The number of benzene rings is 1. The maximum absolute atomic E-state index is 9.01. The van der Waals surface area contributed by atoms with Gasteiger partial charge in [-0.25, -0.2) is 0 Å². The Morgan fingerprint density at radius 1 is 1.35 bits per heavy atom. The molecule has 0 radical (unpaired) electrons. The second-order valence-corrected chi connectivity index (χ2v) is 4.38. The van der Waals surface area contributed by atoms with Crippen molar-refractivity contribution in [2.24, 2.45) is 0 Å². The van der Waals surface area contributed by atoms with E-state index in [9.17, 15) is 0 Å². The number of likely N-dealkylation sites (N-methyl/N-ethyl adjacent to an activating group) is 1. The molecule has 3 nitrogen and oxygen atoms in total. The van der Waals surface area contributed by atoms with E-state index in [4.69, 9.17) is 5.11 Å². The number of nitrogens with one attached hydrogen (secondary N) is 1. The molecule has 0 amide bonds. The van der Waals surface area contributed by atoms with E-state index in [2.05, 4.69) is 42.3 Å². The molecule has 0 aliphatic rings. The molecule has 1 aromatic rings. The second-order valence-electron chi connectivity index (χ2n) is 4.38. The zero-order valence-corrected chi connectivity index (χ0v) is 11.1. The van der Waals surface area contributed by atoms with Crippen LogP contribution >= 0.6 is 0 Å². The SMILES string of the molecule is CCCNC(C)c1ccccc1N(C)CCO. The summed E-state index contributed by atoms with van der Waals surface area (Å²) in [4.78, 5) is 2.10. The van der Waals surface area contributed by atoms with Crippen molar-refractivity contribution >= 4 is 5.69 Å². The Morgan fingerprint density at radius 2 is 2.06 bits per heavy atom. The molecule has 0 saturated carbocycles. The van der Waals surface area contributed by atoms with Gasteiger partial charge in [0, 0.05) is 25.3 Å². The minimum absolute atomic E-state index is 0.182. The van der Waals surface area contributed by atoms with Gasteiger partial charge in [-0.15, -0.1) is 0 Å². The van der Waals surface area contributed by atoms with Crippen LogP contribution in [0.4, 0.5) is 5.69 Å². The van der Waals surface area contributed by atoms with Crippen molar-refractivity contribution in [1.29, 1.82) is 0 Å². The zero-order valence-electron chi connectivity index (χ0n) is 11.1. The highest BCUT2D eigenvalue weighted by Gasteiger charge is 2.11. The Balaban J connectivity index is 2.83. The smallest absolute Gasteiger partial charge is 0.0606 e. The first kappa shape index (κ1) is 14.0. The molecule has 0 aliphatic heterocycles. The fraction of sp³-hybridized carbons (Fsp3) is 0.571. The predicted octanol–water partition coefficient (Wildman–Crippen LogP) is 2.18. The summed E-state index contributed by atoms with van der Waals surface area (Å²) in [6.45, 7) is 6.23. The minimum atomic E-state index is 0.182. The average molecular weight is 236 g/mol. The summed E-state index contributed by atoms with van der Waals surface area (Å²) in [5.74, 6) is 0. The highest BCUT2D eigenvalue weighted by Crippen LogP contribution is 2.25. The fourth-order valence-corrected chi connectivity index (χ4v) is 1.94. The first-order chi connectivity index (χ1) is 8.20. The average Bonchev–Trinajstić information content (AvgIpc) is 2.36. The van der Waals surface area contributed by atoms with Crippen molar-refractivity contribution in [2.45, 2.75) is 26.3 Å². The van der Waals surface area contributed by atoms with Crippen molar-refractivity contribution in [3.8, 4) is 0 Å². The van der Waals surface area contributed by atoms with Gasteiger partial charge < -0.3 is 15.3 Å². The van der Waals surface area contributed by atoms with Crippen LogP contribution in [0.1, 0.15) is 31.9 Å². The molecule has 1 rings (SSSR count). The Kier molecular flexibility index (Phi) is 6.01. The number of anilines is 1. The van der Waals surface area contributed by atoms with Crippen molar-refractivity contribution in [3.05, 3.63) is 29.8 Å². The molecule has 96 valence electrons. The van der Waals surface area contributed by atoms with E-state index in [0.717, 1.165) is 13.0 Å². The van der Waals surface area contributed by atoms with Gasteiger partial charge in [0.05, 0.1) is 6.61 Å². The summed E-state index contributed by atoms with van der Waals surface area (Å²) < 4.78 is 0. The van der Waals surface area contributed by atoms with E-state index in [1.54, 1.807) is 0 Å². The van der Waals surface area contributed by atoms with Gasteiger partial charge >= 0.3 is 0 Å². The van der Waals surface area contributed by atoms with Crippen molar-refractivity contribution < 1.29 is 5.11 Å². The number of hydrogen-bond acceptors (Lipinski definition) is 3. The topological polar surface area (TPSA) is 35.5 Å². The summed E-state index contributed by atoms with van der Waals surface area (Å²) in [7, 11) is 2.02. The van der Waals surface area contributed by atoms with E-state index in [1.165, 1.54) is 11.3 Å². The number of aliphatic hydroxyl groups excluding tert-OH is 1. The van der Waals surface area contributed by atoms with Gasteiger partial charge in [-0.1, -0.05) is 25.1 Å². The highest BCUT2D eigenvalue weighted by molar-refractivity contribution is 5.54. The van der Waals surface area contributed by atoms with E-state index in [1.807, 2.05) is 13.1 Å². The van der Waals surface area contributed by atoms with Gasteiger partial charge in [0.25, 0.3) is 0 Å². The molecule has 2 N–H and O–H groups in total. The van der Waals surface area contributed by atoms with Crippen LogP contribution in [-0.2, 0) is 0 Å². The molecule has 0 aromatic heterocycles. The molecule has 0 fully saturated rings. The van der Waals surface area contributed by atoms with Crippen LogP contribution in [0.15, 0.2) is 24.3 Å². The first-order valence-corrected chi connectivity index (χ1v) is 6.35. The normalized spacial score (nSPS) is 12.5. The van der Waals surface area contributed by atoms with Crippen LogP contribution in [0.25, 0.3) is 0 Å². The van der Waals surface area contributed by atoms with Gasteiger partial charge in [-0.05, 0) is 31.5 Å². The molecule has 1 atom stereocenters. The summed E-state index contributed by atoms with van der Waals surface area (Å²) in [5, 5.41) is 12.5. The van der Waals surface area contributed by atoms with E-state index in [0.29, 0.717) is 12.6 Å². The molecule has 1 aromatic carbocycles. The third-order valence-corrected chi connectivity index (χ3v) is 2.95. The third kappa shape index (κ3) is 4.02. The Bertz CT molecular complexity index is 328. The Morgan fingerprint density at radius 3 is 2.71 bits per heavy atom. The van der Waals surface area contributed by atoms with Crippen LogP contribution in [0.2, 0.25) is 0 Å². The zero-order chi connectivity index (χ0) is 12.7. The Hall–Kier alpha value is -1.06. The molecule has 0 saturated heterocycles. The molecular formula is C14H24N2O. The Labute approximate surface area is 104 Å². The molecule has 1 unspecified atom stereocenters. The van der Waals surface area contributed by atoms with Crippen molar-refractivity contribution in [2.75, 3.05) is 31.6 Å². The first-order valence-electron chi connectivity index (χ1n) is 6.35. The van der Waals surface area contributed by atoms with Gasteiger partial charge in [-0.3, -0.25) is 0 Å². The minimum Gasteiger partial charge on any atom is -0.395 e. The number of para-hydroxylation sites is 1. The lowest BCUT2D eigenvalue weighted by Crippen LogP contribution is -2.26. The van der Waals surface area contributed by atoms with Crippen molar-refractivity contribution in [1.82, 2.24) is 5.32 Å². The lowest BCUT2D eigenvalue weighted by atomic mass is 10.1. The number of nitrogens with zero attached hydrogens (tertiary/aromatic N) is 1. The van der Waals surface area contributed by atoms with E-state index >= 15 is 0 Å². The lowest BCUT2D eigenvalue weighted by Gasteiger charge is -2.25. The second kappa shape index (κ2) is 7.30. The summed E-state index contributed by atoms with van der Waals surface area (Å²) in [6.07, 6.45) is 1.14. The van der Waals surface area contributed by atoms with Crippen molar-refractivity contribution in [3.63, 3.8) is 0 Å². The largest absolute Gasteiger partial charge is 0.395 e. The number of hydrogen-bond donors (Lipinski definition) is 2. The summed E-state index contributed by atoms with van der Waals surface area (Å²) in [5.41, 5.74) is 2.48. The maximum Gasteiger partial charge on any atom is 0.0606 e.